The molecule has 2 rings (SSSR count). The fraction of sp³-hybridized carbons (Fsp3) is 0.278. The Morgan fingerprint density at radius 1 is 1.13 bits per heavy atom. The van der Waals surface area contributed by atoms with E-state index in [-0.39, 0.29) is 18.5 Å². The number of hydrogen-bond donors (Lipinski definition) is 1. The van der Waals surface area contributed by atoms with E-state index in [2.05, 4.69) is 5.32 Å². The number of carbonyl (C=O) groups is 1. The number of nitrogens with one attached hydrogen (secondary N) is 1. The van der Waals surface area contributed by atoms with Gasteiger partial charge in [-0.25, -0.2) is 8.78 Å². The number of rotatable bonds is 6. The fourth-order valence-corrected chi connectivity index (χ4v) is 2.24. The van der Waals surface area contributed by atoms with Crippen molar-refractivity contribution in [3.8, 4) is 0 Å². The molecule has 0 aliphatic rings. The average Bonchev–Trinajstić information content (AvgIpc) is 2.55. The Hall–Kier alpha value is -2.27. The molecule has 0 fully saturated rings. The third-order valence-electron chi connectivity index (χ3n) is 3.81. The molecule has 0 aliphatic carbocycles. The molecule has 0 radical (unpaired) electrons. The van der Waals surface area contributed by atoms with Crippen molar-refractivity contribution in [2.24, 2.45) is 0 Å². The smallest absolute Gasteiger partial charge is 0.234 e. The van der Waals surface area contributed by atoms with Crippen LogP contribution in [0.1, 0.15) is 24.1 Å². The third kappa shape index (κ3) is 4.86. The van der Waals surface area contributed by atoms with Gasteiger partial charge in [-0.2, -0.15) is 0 Å². The molecule has 122 valence electrons. The van der Waals surface area contributed by atoms with Crippen molar-refractivity contribution < 1.29 is 13.6 Å². The molecular formula is C18H20F2N2O. The van der Waals surface area contributed by atoms with Gasteiger partial charge in [0, 0.05) is 12.6 Å². The molecule has 2 aromatic rings. The van der Waals surface area contributed by atoms with Gasteiger partial charge in [0.25, 0.3) is 0 Å². The second kappa shape index (κ2) is 7.83. The molecule has 0 bridgehead atoms. The summed E-state index contributed by atoms with van der Waals surface area (Å²) in [5.74, 6) is -1.87. The molecule has 1 N–H and O–H groups in total. The maximum atomic E-state index is 13.3. The zero-order valence-corrected chi connectivity index (χ0v) is 13.2. The van der Waals surface area contributed by atoms with Crippen LogP contribution >= 0.6 is 0 Å². The Kier molecular flexibility index (Phi) is 5.82. The molecule has 1 unspecified atom stereocenters. The summed E-state index contributed by atoms with van der Waals surface area (Å²) in [6, 6.07) is 13.2. The van der Waals surface area contributed by atoms with Crippen LogP contribution in [-0.4, -0.2) is 24.4 Å². The van der Waals surface area contributed by atoms with Gasteiger partial charge in [-0.1, -0.05) is 36.4 Å². The van der Waals surface area contributed by atoms with Gasteiger partial charge in [0.2, 0.25) is 5.91 Å². The second-order valence-electron chi connectivity index (χ2n) is 5.53. The van der Waals surface area contributed by atoms with Gasteiger partial charge in [-0.05, 0) is 37.2 Å². The highest BCUT2D eigenvalue weighted by atomic mass is 19.2. The lowest BCUT2D eigenvalue weighted by Gasteiger charge is -2.24. The van der Waals surface area contributed by atoms with Crippen LogP contribution in [0.15, 0.2) is 48.5 Å². The van der Waals surface area contributed by atoms with Crippen LogP contribution in [0, 0.1) is 11.6 Å². The number of nitrogens with zero attached hydrogens (tertiary/aromatic N) is 1. The number of amides is 1. The lowest BCUT2D eigenvalue weighted by molar-refractivity contribution is -0.122. The summed E-state index contributed by atoms with van der Waals surface area (Å²) < 4.78 is 26.3. The first-order chi connectivity index (χ1) is 11.0. The monoisotopic (exact) mass is 318 g/mol. The highest BCUT2D eigenvalue weighted by molar-refractivity contribution is 5.78. The van der Waals surface area contributed by atoms with Crippen molar-refractivity contribution in [2.45, 2.75) is 19.5 Å². The van der Waals surface area contributed by atoms with Crippen LogP contribution in [0.5, 0.6) is 0 Å². The summed E-state index contributed by atoms with van der Waals surface area (Å²) >= 11 is 0. The number of hydrogen-bond acceptors (Lipinski definition) is 2. The molecule has 0 heterocycles. The maximum Gasteiger partial charge on any atom is 0.234 e. The van der Waals surface area contributed by atoms with Gasteiger partial charge in [0.1, 0.15) is 0 Å². The Labute approximate surface area is 134 Å². The molecule has 0 aliphatic heterocycles. The van der Waals surface area contributed by atoms with Crippen LogP contribution in [0.3, 0.4) is 0 Å². The van der Waals surface area contributed by atoms with E-state index in [1.165, 1.54) is 12.1 Å². The van der Waals surface area contributed by atoms with Crippen LogP contribution < -0.4 is 5.32 Å². The summed E-state index contributed by atoms with van der Waals surface area (Å²) in [5.41, 5.74) is 1.65. The molecule has 1 amide bonds. The standard InChI is InChI=1S/C18H20F2N2O/c1-13(15-8-9-16(19)17(20)10-15)22(2)12-18(23)21-11-14-6-4-3-5-7-14/h3-10,13H,11-12H2,1-2H3,(H,21,23). The first-order valence-corrected chi connectivity index (χ1v) is 7.43. The number of benzene rings is 2. The first-order valence-electron chi connectivity index (χ1n) is 7.43. The topological polar surface area (TPSA) is 32.3 Å². The molecule has 0 saturated heterocycles. The maximum absolute atomic E-state index is 13.3. The Bertz CT molecular complexity index is 661. The van der Waals surface area contributed by atoms with E-state index in [1.807, 2.05) is 37.3 Å². The zero-order chi connectivity index (χ0) is 16.8. The van der Waals surface area contributed by atoms with Gasteiger partial charge < -0.3 is 5.32 Å². The predicted molar refractivity (Wildman–Crippen MR) is 85.7 cm³/mol. The zero-order valence-electron chi connectivity index (χ0n) is 13.2. The van der Waals surface area contributed by atoms with Gasteiger partial charge in [-0.3, -0.25) is 9.69 Å². The lowest BCUT2D eigenvalue weighted by atomic mass is 10.1. The van der Waals surface area contributed by atoms with Crippen molar-refractivity contribution in [1.82, 2.24) is 10.2 Å². The minimum Gasteiger partial charge on any atom is -0.351 e. The number of likely N-dealkylation sites (N-methyl/N-ethyl adjacent to an activating group) is 1. The quantitative estimate of drug-likeness (QED) is 0.886. The molecule has 2 aromatic carbocycles. The fourth-order valence-electron chi connectivity index (χ4n) is 2.24. The van der Waals surface area contributed by atoms with Gasteiger partial charge in [-0.15, -0.1) is 0 Å². The number of halogens is 2. The minimum atomic E-state index is -0.878. The van der Waals surface area contributed by atoms with Crippen LogP contribution in [-0.2, 0) is 11.3 Å². The Balaban J connectivity index is 1.88. The van der Waals surface area contributed by atoms with Gasteiger partial charge in [0.05, 0.1) is 6.54 Å². The molecule has 5 heteroatoms. The van der Waals surface area contributed by atoms with E-state index in [0.29, 0.717) is 12.1 Å². The highest BCUT2D eigenvalue weighted by Crippen LogP contribution is 2.20. The normalized spacial score (nSPS) is 12.2. The van der Waals surface area contributed by atoms with E-state index in [4.69, 9.17) is 0 Å². The predicted octanol–water partition coefficient (Wildman–Crippen LogP) is 3.27. The molecule has 0 saturated carbocycles. The van der Waals surface area contributed by atoms with Crippen molar-refractivity contribution in [2.75, 3.05) is 13.6 Å². The van der Waals surface area contributed by atoms with Crippen LogP contribution in [0.4, 0.5) is 8.78 Å². The lowest BCUT2D eigenvalue weighted by Crippen LogP contribution is -2.36. The summed E-state index contributed by atoms with van der Waals surface area (Å²) in [7, 11) is 1.77. The van der Waals surface area contributed by atoms with Crippen molar-refractivity contribution >= 4 is 5.91 Å². The highest BCUT2D eigenvalue weighted by Gasteiger charge is 2.16. The van der Waals surface area contributed by atoms with Crippen molar-refractivity contribution in [3.63, 3.8) is 0 Å². The second-order valence-corrected chi connectivity index (χ2v) is 5.53. The van der Waals surface area contributed by atoms with E-state index in [1.54, 1.807) is 11.9 Å². The van der Waals surface area contributed by atoms with Crippen LogP contribution in [0.2, 0.25) is 0 Å². The minimum absolute atomic E-state index is 0.120. The van der Waals surface area contributed by atoms with E-state index >= 15 is 0 Å². The number of carbonyl (C=O) groups excluding carboxylic acids is 1. The summed E-state index contributed by atoms with van der Waals surface area (Å²) in [6.45, 7) is 2.48. The van der Waals surface area contributed by atoms with E-state index in [0.717, 1.165) is 11.6 Å². The van der Waals surface area contributed by atoms with Gasteiger partial charge >= 0.3 is 0 Å². The Morgan fingerprint density at radius 2 is 1.83 bits per heavy atom. The van der Waals surface area contributed by atoms with Crippen molar-refractivity contribution in [1.29, 1.82) is 0 Å². The largest absolute Gasteiger partial charge is 0.351 e. The molecule has 3 nitrogen and oxygen atoms in total. The molecule has 0 spiro atoms. The molecular weight excluding hydrogens is 298 g/mol. The van der Waals surface area contributed by atoms with E-state index in [9.17, 15) is 13.6 Å². The average molecular weight is 318 g/mol. The van der Waals surface area contributed by atoms with Crippen LogP contribution in [0.25, 0.3) is 0 Å². The van der Waals surface area contributed by atoms with E-state index < -0.39 is 11.6 Å². The van der Waals surface area contributed by atoms with Gasteiger partial charge in [0.15, 0.2) is 11.6 Å². The summed E-state index contributed by atoms with van der Waals surface area (Å²) in [6.07, 6.45) is 0. The summed E-state index contributed by atoms with van der Waals surface area (Å²) in [4.78, 5) is 13.8. The van der Waals surface area contributed by atoms with Crippen molar-refractivity contribution in [3.05, 3.63) is 71.3 Å². The first kappa shape index (κ1) is 17.1. The third-order valence-corrected chi connectivity index (χ3v) is 3.81. The summed E-state index contributed by atoms with van der Waals surface area (Å²) in [5, 5.41) is 2.84. The Morgan fingerprint density at radius 3 is 2.48 bits per heavy atom. The molecule has 23 heavy (non-hydrogen) atoms. The molecule has 1 atom stereocenters. The molecule has 0 aromatic heterocycles. The SMILES string of the molecule is CC(c1ccc(F)c(F)c1)N(C)CC(=O)NCc1ccccc1.